The van der Waals surface area contributed by atoms with Crippen LogP contribution in [0.15, 0.2) is 35.7 Å². The van der Waals surface area contributed by atoms with E-state index in [1.165, 1.54) is 17.7 Å². The molecule has 0 atom stereocenters. The molecule has 0 radical (unpaired) electrons. The van der Waals surface area contributed by atoms with Crippen LogP contribution in [-0.4, -0.2) is 80.5 Å². The molecule has 1 saturated heterocycles. The smallest absolute Gasteiger partial charge is 0.246 e. The van der Waals surface area contributed by atoms with E-state index in [1.807, 2.05) is 4.52 Å². The highest BCUT2D eigenvalue weighted by Crippen LogP contribution is 2.36. The second-order valence-corrected chi connectivity index (χ2v) is 11.4. The molecule has 3 aromatic heterocycles. The van der Waals surface area contributed by atoms with Crippen molar-refractivity contribution in [3.63, 3.8) is 0 Å². The van der Waals surface area contributed by atoms with Crippen molar-refractivity contribution in [2.75, 3.05) is 33.4 Å². The van der Waals surface area contributed by atoms with Crippen LogP contribution in [0.3, 0.4) is 0 Å². The Morgan fingerprint density at radius 2 is 1.92 bits per heavy atom. The zero-order valence-corrected chi connectivity index (χ0v) is 22.3. The lowest BCUT2D eigenvalue weighted by Crippen LogP contribution is -2.40. The number of methoxy groups -OCH3 is 1. The molecule has 1 aliphatic heterocycles. The molecule has 2 aliphatic rings. The lowest BCUT2D eigenvalue weighted by atomic mass is 10.1. The summed E-state index contributed by atoms with van der Waals surface area (Å²) in [5.74, 6) is 2.40. The van der Waals surface area contributed by atoms with E-state index in [0.717, 1.165) is 42.7 Å². The number of aromatic nitrogens is 7. The molecule has 1 aromatic carbocycles. The van der Waals surface area contributed by atoms with Crippen molar-refractivity contribution in [2.45, 2.75) is 49.8 Å². The number of hydrogen-bond acceptors (Lipinski definition) is 9. The fourth-order valence-electron chi connectivity index (χ4n) is 5.31. The molecule has 0 N–H and O–H groups in total. The maximum Gasteiger partial charge on any atom is 0.246 e. The van der Waals surface area contributed by atoms with Gasteiger partial charge in [0.1, 0.15) is 34.6 Å². The van der Waals surface area contributed by atoms with Gasteiger partial charge in [0.15, 0.2) is 11.6 Å². The number of hydrogen-bond donors (Lipinski definition) is 0. The van der Waals surface area contributed by atoms with E-state index in [4.69, 9.17) is 24.5 Å². The molecule has 0 bridgehead atoms. The van der Waals surface area contributed by atoms with Crippen LogP contribution in [0.2, 0.25) is 0 Å². The molecule has 200 valence electrons. The summed E-state index contributed by atoms with van der Waals surface area (Å²) in [6.45, 7) is 3.34. The molecule has 38 heavy (non-hydrogen) atoms. The van der Waals surface area contributed by atoms with Gasteiger partial charge in [-0.1, -0.05) is 19.8 Å². The maximum absolute atomic E-state index is 13.6. The third-order valence-corrected chi connectivity index (χ3v) is 9.19. The lowest BCUT2D eigenvalue weighted by molar-refractivity contribution is 0.0729. The van der Waals surface area contributed by atoms with Crippen molar-refractivity contribution in [2.24, 2.45) is 0 Å². The molecule has 0 unspecified atom stereocenters. The Morgan fingerprint density at radius 3 is 2.61 bits per heavy atom. The molecule has 2 fully saturated rings. The number of benzene rings is 1. The summed E-state index contributed by atoms with van der Waals surface area (Å²) in [6.07, 6.45) is 8.21. The Labute approximate surface area is 220 Å². The van der Waals surface area contributed by atoms with Gasteiger partial charge in [-0.05, 0) is 37.5 Å². The van der Waals surface area contributed by atoms with Crippen LogP contribution in [0.4, 0.5) is 0 Å². The van der Waals surface area contributed by atoms with E-state index in [2.05, 4.69) is 17.0 Å². The first-order valence-electron chi connectivity index (χ1n) is 12.9. The number of morpholine rings is 1. The topological polar surface area (TPSA) is 130 Å². The number of fused-ring (bicyclic) bond motifs is 1. The lowest BCUT2D eigenvalue weighted by Gasteiger charge is -2.26. The van der Waals surface area contributed by atoms with Crippen LogP contribution in [0.25, 0.3) is 22.7 Å². The highest BCUT2D eigenvalue weighted by Gasteiger charge is 2.31. The molecule has 12 nitrogen and oxygen atoms in total. The van der Waals surface area contributed by atoms with E-state index in [-0.39, 0.29) is 23.7 Å². The summed E-state index contributed by atoms with van der Waals surface area (Å²) < 4.78 is 42.9. The van der Waals surface area contributed by atoms with E-state index in [9.17, 15) is 8.42 Å². The van der Waals surface area contributed by atoms with Gasteiger partial charge in [0, 0.05) is 24.6 Å². The molecular formula is C25H30N8O4S. The third kappa shape index (κ3) is 4.24. The van der Waals surface area contributed by atoms with Crippen LogP contribution < -0.4 is 4.74 Å². The fourth-order valence-corrected chi connectivity index (χ4v) is 6.90. The first kappa shape index (κ1) is 24.9. The Morgan fingerprint density at radius 1 is 1.13 bits per heavy atom. The highest BCUT2D eigenvalue weighted by atomic mass is 32.2. The van der Waals surface area contributed by atoms with Crippen molar-refractivity contribution in [3.8, 4) is 23.0 Å². The maximum atomic E-state index is 13.6. The molecule has 4 aromatic rings. The molecule has 1 aliphatic carbocycles. The minimum Gasteiger partial charge on any atom is -0.495 e. The van der Waals surface area contributed by atoms with Crippen molar-refractivity contribution in [3.05, 3.63) is 42.4 Å². The van der Waals surface area contributed by atoms with Gasteiger partial charge >= 0.3 is 0 Å². The minimum absolute atomic E-state index is 0.0706. The predicted molar refractivity (Wildman–Crippen MR) is 138 cm³/mol. The van der Waals surface area contributed by atoms with Crippen LogP contribution >= 0.6 is 0 Å². The molecule has 13 heteroatoms. The first-order chi connectivity index (χ1) is 18.5. The molecule has 0 spiro atoms. The Kier molecular flexibility index (Phi) is 6.58. The quantitative estimate of drug-likeness (QED) is 0.349. The van der Waals surface area contributed by atoms with Gasteiger partial charge in [0.25, 0.3) is 0 Å². The van der Waals surface area contributed by atoms with Crippen molar-refractivity contribution < 1.29 is 17.9 Å². The predicted octanol–water partition coefficient (Wildman–Crippen LogP) is 2.62. The highest BCUT2D eigenvalue weighted by molar-refractivity contribution is 7.89. The fraction of sp³-hybridized carbons (Fsp3) is 0.480. The summed E-state index contributed by atoms with van der Waals surface area (Å²) in [4.78, 5) is 14.1. The minimum atomic E-state index is -3.83. The molecular weight excluding hydrogens is 508 g/mol. The SMILES string of the molecule is CCc1nc(C2CCCC2)n2nc(-c3ccc(OC)c(S(=O)(=O)N4CCOCC4)c3)nc(-n3cncn3)c12. The Bertz CT molecular complexity index is 1560. The zero-order valence-electron chi connectivity index (χ0n) is 21.4. The number of sulfonamides is 1. The Hall–Kier alpha value is -3.42. The number of rotatable bonds is 7. The van der Waals surface area contributed by atoms with Gasteiger partial charge in [-0.15, -0.1) is 5.10 Å². The van der Waals surface area contributed by atoms with Crippen LogP contribution in [-0.2, 0) is 21.2 Å². The first-order valence-corrected chi connectivity index (χ1v) is 14.4. The summed E-state index contributed by atoms with van der Waals surface area (Å²) >= 11 is 0. The molecule has 0 amide bonds. The second kappa shape index (κ2) is 10.0. The van der Waals surface area contributed by atoms with Gasteiger partial charge in [0.2, 0.25) is 10.0 Å². The van der Waals surface area contributed by atoms with Crippen LogP contribution in [0, 0.1) is 0 Å². The molecule has 6 rings (SSSR count). The third-order valence-electron chi connectivity index (χ3n) is 7.27. The van der Waals surface area contributed by atoms with E-state index >= 15 is 0 Å². The van der Waals surface area contributed by atoms with E-state index < -0.39 is 10.0 Å². The summed E-state index contributed by atoms with van der Waals surface area (Å²) in [5, 5.41) is 9.27. The van der Waals surface area contributed by atoms with Gasteiger partial charge in [-0.2, -0.15) is 9.40 Å². The number of aryl methyl sites for hydroxylation is 1. The molecule has 1 saturated carbocycles. The average Bonchev–Trinajstić information content (AvgIpc) is 3.74. The van der Waals surface area contributed by atoms with Crippen LogP contribution in [0.1, 0.15) is 50.0 Å². The van der Waals surface area contributed by atoms with Gasteiger partial charge in [0.05, 0.1) is 26.0 Å². The second-order valence-electron chi connectivity index (χ2n) is 9.49. The number of imidazole rings is 1. The summed E-state index contributed by atoms with van der Waals surface area (Å²) in [6, 6.07) is 5.01. The largest absolute Gasteiger partial charge is 0.495 e. The van der Waals surface area contributed by atoms with Crippen molar-refractivity contribution >= 4 is 15.5 Å². The molecule has 4 heterocycles. The Balaban J connectivity index is 1.55. The van der Waals surface area contributed by atoms with Gasteiger partial charge in [-0.25, -0.2) is 32.6 Å². The zero-order chi connectivity index (χ0) is 26.3. The average molecular weight is 539 g/mol. The monoisotopic (exact) mass is 538 g/mol. The van der Waals surface area contributed by atoms with Crippen molar-refractivity contribution in [1.29, 1.82) is 0 Å². The van der Waals surface area contributed by atoms with Gasteiger partial charge < -0.3 is 9.47 Å². The number of nitrogens with zero attached hydrogens (tertiary/aromatic N) is 8. The number of ether oxygens (including phenoxy) is 2. The van der Waals surface area contributed by atoms with Gasteiger partial charge in [-0.3, -0.25) is 0 Å². The van der Waals surface area contributed by atoms with Crippen molar-refractivity contribution in [1.82, 2.24) is 38.7 Å². The van der Waals surface area contributed by atoms with E-state index in [0.29, 0.717) is 42.8 Å². The normalized spacial score (nSPS) is 17.4. The summed E-state index contributed by atoms with van der Waals surface area (Å²) in [7, 11) is -2.36. The van der Waals surface area contributed by atoms with Crippen LogP contribution in [0.5, 0.6) is 5.75 Å². The van der Waals surface area contributed by atoms with E-state index in [1.54, 1.807) is 29.2 Å². The standard InChI is InChI=1S/C25H30N8O4S/c1-3-19-22-25(32-16-26-15-27-32)29-23(30-33(22)24(28-19)17-6-4-5-7-17)18-8-9-20(36-2)21(14-18)38(34,35)31-10-12-37-13-11-31/h8-9,14-17H,3-7,10-13H2,1-2H3. The summed E-state index contributed by atoms with van der Waals surface area (Å²) in [5.41, 5.74) is 2.23.